The van der Waals surface area contributed by atoms with E-state index in [0.29, 0.717) is 35.4 Å². The Balaban J connectivity index is 0.000000252. The van der Waals surface area contributed by atoms with E-state index >= 15 is 0 Å². The zero-order valence-corrected chi connectivity index (χ0v) is 36.5. The van der Waals surface area contributed by atoms with Crippen molar-refractivity contribution in [1.82, 2.24) is 50.1 Å². The molecule has 1 aliphatic heterocycles. The summed E-state index contributed by atoms with van der Waals surface area (Å²) in [4.78, 5) is 33.8. The molecule has 0 bridgehead atoms. The fourth-order valence-corrected chi connectivity index (χ4v) is 4.78. The Labute approximate surface area is 343 Å². The van der Waals surface area contributed by atoms with Crippen LogP contribution in [0, 0.1) is 13.8 Å². The lowest BCUT2D eigenvalue weighted by Crippen LogP contribution is -2.20. The minimum atomic E-state index is -4.45. The van der Waals surface area contributed by atoms with Crippen molar-refractivity contribution in [2.75, 3.05) is 25.1 Å². The van der Waals surface area contributed by atoms with Gasteiger partial charge in [0.25, 0.3) is 0 Å². The molecule has 6 heterocycles. The molecule has 58 heavy (non-hydrogen) atoms. The Kier molecular flexibility index (Phi) is 20.7. The SMILES string of the molecule is CC(C)c1ccnc(C(F)(F)F)n1.CC(C)c1cnc(N2CCCC2)nc1.COc1ncc(C(C)C)cn1.Cc1cc(C(C)C)cnn1.Cc1ncc(C(C)C)cn1. The highest BCUT2D eigenvalue weighted by molar-refractivity contribution is 5.31. The smallest absolute Gasteiger partial charge is 0.451 e. The summed E-state index contributed by atoms with van der Waals surface area (Å²) in [6.07, 6.45) is 12.3. The summed E-state index contributed by atoms with van der Waals surface area (Å²) < 4.78 is 41.1. The molecule has 0 N–H and O–H groups in total. The van der Waals surface area contributed by atoms with Crippen LogP contribution in [0.5, 0.6) is 6.01 Å². The van der Waals surface area contributed by atoms with E-state index in [-0.39, 0.29) is 5.92 Å². The van der Waals surface area contributed by atoms with Gasteiger partial charge < -0.3 is 9.64 Å². The Hall–Kier alpha value is -5.21. The third-order valence-corrected chi connectivity index (χ3v) is 8.67. The zero-order chi connectivity index (χ0) is 43.4. The topological polar surface area (TPSA) is 141 Å². The van der Waals surface area contributed by atoms with Gasteiger partial charge in [-0.25, -0.2) is 39.9 Å². The van der Waals surface area contributed by atoms with Crippen molar-refractivity contribution in [1.29, 1.82) is 0 Å². The molecule has 0 unspecified atom stereocenters. The van der Waals surface area contributed by atoms with Gasteiger partial charge in [-0.05, 0) is 90.7 Å². The largest absolute Gasteiger partial charge is 0.467 e. The maximum Gasteiger partial charge on any atom is 0.451 e. The summed E-state index contributed by atoms with van der Waals surface area (Å²) >= 11 is 0. The van der Waals surface area contributed by atoms with Crippen molar-refractivity contribution in [3.05, 3.63) is 107 Å². The third-order valence-electron chi connectivity index (χ3n) is 8.67. The van der Waals surface area contributed by atoms with Crippen LogP contribution in [0.25, 0.3) is 0 Å². The predicted octanol–water partition coefficient (Wildman–Crippen LogP) is 10.2. The van der Waals surface area contributed by atoms with Crippen LogP contribution in [0.3, 0.4) is 0 Å². The van der Waals surface area contributed by atoms with E-state index in [2.05, 4.69) is 116 Å². The number of hydrogen-bond acceptors (Lipinski definition) is 12. The van der Waals surface area contributed by atoms with Crippen LogP contribution < -0.4 is 9.64 Å². The first-order chi connectivity index (χ1) is 27.3. The van der Waals surface area contributed by atoms with Gasteiger partial charge >= 0.3 is 12.2 Å². The molecule has 1 aliphatic rings. The number of anilines is 1. The van der Waals surface area contributed by atoms with Crippen LogP contribution in [0.1, 0.15) is 157 Å². The van der Waals surface area contributed by atoms with Crippen molar-refractivity contribution < 1.29 is 17.9 Å². The second-order valence-electron chi connectivity index (χ2n) is 15.3. The molecule has 5 aromatic heterocycles. The molecule has 0 radical (unpaired) electrons. The molecular formula is C43H62F3N11O. The highest BCUT2D eigenvalue weighted by atomic mass is 19.4. The Morgan fingerprint density at radius 2 is 1.07 bits per heavy atom. The van der Waals surface area contributed by atoms with E-state index < -0.39 is 12.0 Å². The summed E-state index contributed by atoms with van der Waals surface area (Å²) in [5.41, 5.74) is 6.20. The summed E-state index contributed by atoms with van der Waals surface area (Å²) in [5.74, 6) is 2.71. The number of alkyl halides is 3. The van der Waals surface area contributed by atoms with Crippen LogP contribution in [0.2, 0.25) is 0 Å². The van der Waals surface area contributed by atoms with Crippen LogP contribution >= 0.6 is 0 Å². The fourth-order valence-electron chi connectivity index (χ4n) is 4.78. The first-order valence-corrected chi connectivity index (χ1v) is 19.7. The molecule has 12 nitrogen and oxygen atoms in total. The molecule has 0 spiro atoms. The summed E-state index contributed by atoms with van der Waals surface area (Å²) in [6, 6.07) is 3.98. The lowest BCUT2D eigenvalue weighted by molar-refractivity contribution is -0.145. The fraction of sp³-hybridized carbons (Fsp3) is 0.535. The molecule has 0 amide bonds. The highest BCUT2D eigenvalue weighted by Crippen LogP contribution is 2.26. The second-order valence-corrected chi connectivity index (χ2v) is 15.3. The van der Waals surface area contributed by atoms with Crippen LogP contribution in [0.15, 0.2) is 61.7 Å². The average molecular weight is 806 g/mol. The van der Waals surface area contributed by atoms with Crippen LogP contribution in [-0.4, -0.2) is 70.3 Å². The first-order valence-electron chi connectivity index (χ1n) is 19.7. The molecule has 0 atom stereocenters. The molecule has 1 fully saturated rings. The van der Waals surface area contributed by atoms with Gasteiger partial charge in [0.05, 0.1) is 19.0 Å². The summed E-state index contributed by atoms with van der Waals surface area (Å²) in [6.45, 7) is 26.7. The standard InChI is InChI=1S/C11H17N3.C8H9F3N2.C8H12N2O.2C8H12N2/c1-9(2)10-7-12-11(13-8-10)14-5-3-4-6-14;1-5(2)6-3-4-12-7(13-6)8(9,10)11;1-6(2)7-4-9-8(11-3)10-5-7;1-6(2)8-4-9-7(3)10-5-8;1-6(2)8-4-7(3)10-9-5-8/h7-9H,3-6H2,1-2H3;3-5H,1-2H3;4-6H,1-3H3;2*4-6H,1-3H3. The molecule has 316 valence electrons. The van der Waals surface area contributed by atoms with Crippen LogP contribution in [0.4, 0.5) is 19.1 Å². The maximum absolute atomic E-state index is 12.1. The van der Waals surface area contributed by atoms with Gasteiger partial charge in [-0.15, -0.1) is 0 Å². The van der Waals surface area contributed by atoms with Gasteiger partial charge in [0.1, 0.15) is 5.82 Å². The van der Waals surface area contributed by atoms with Crippen molar-refractivity contribution >= 4 is 5.95 Å². The second kappa shape index (κ2) is 24.5. The molecule has 6 rings (SSSR count). The van der Waals surface area contributed by atoms with Crippen molar-refractivity contribution in [2.24, 2.45) is 0 Å². The van der Waals surface area contributed by atoms with E-state index in [1.807, 2.05) is 44.8 Å². The normalized spacial score (nSPS) is 12.3. The van der Waals surface area contributed by atoms with Crippen molar-refractivity contribution in [3.8, 4) is 6.01 Å². The maximum atomic E-state index is 12.1. The Bertz CT molecular complexity index is 1860. The van der Waals surface area contributed by atoms with Gasteiger partial charge in [-0.3, -0.25) is 0 Å². The number of aromatic nitrogens is 10. The lowest BCUT2D eigenvalue weighted by Gasteiger charge is -2.15. The first kappa shape index (κ1) is 48.9. The Morgan fingerprint density at radius 1 is 0.603 bits per heavy atom. The number of methoxy groups -OCH3 is 1. The molecular weight excluding hydrogens is 744 g/mol. The third kappa shape index (κ3) is 17.9. The monoisotopic (exact) mass is 806 g/mol. The van der Waals surface area contributed by atoms with Gasteiger partial charge in [0.2, 0.25) is 11.8 Å². The minimum Gasteiger partial charge on any atom is -0.467 e. The number of ether oxygens (including phenoxy) is 1. The lowest BCUT2D eigenvalue weighted by atomic mass is 10.1. The van der Waals surface area contributed by atoms with Gasteiger partial charge in [0.15, 0.2) is 0 Å². The Morgan fingerprint density at radius 3 is 1.47 bits per heavy atom. The molecule has 0 aliphatic carbocycles. The number of hydrogen-bond donors (Lipinski definition) is 0. The molecule has 0 saturated carbocycles. The number of halogens is 3. The minimum absolute atomic E-state index is 0.0240. The summed E-state index contributed by atoms with van der Waals surface area (Å²) in [7, 11) is 1.56. The average Bonchev–Trinajstić information content (AvgIpc) is 3.74. The van der Waals surface area contributed by atoms with Crippen molar-refractivity contribution in [3.63, 3.8) is 0 Å². The van der Waals surface area contributed by atoms with Gasteiger partial charge in [-0.1, -0.05) is 69.2 Å². The number of nitrogens with zero attached hydrogens (tertiary/aromatic N) is 11. The molecule has 15 heteroatoms. The highest BCUT2D eigenvalue weighted by Gasteiger charge is 2.34. The van der Waals surface area contributed by atoms with Gasteiger partial charge in [0, 0.05) is 62.2 Å². The van der Waals surface area contributed by atoms with Crippen molar-refractivity contribution in [2.45, 2.75) is 132 Å². The molecule has 0 aromatic carbocycles. The van der Waals surface area contributed by atoms with E-state index in [9.17, 15) is 13.2 Å². The zero-order valence-electron chi connectivity index (χ0n) is 36.5. The predicted molar refractivity (Wildman–Crippen MR) is 223 cm³/mol. The number of rotatable bonds is 7. The van der Waals surface area contributed by atoms with E-state index in [0.717, 1.165) is 42.3 Å². The van der Waals surface area contributed by atoms with Crippen LogP contribution in [-0.2, 0) is 6.18 Å². The summed E-state index contributed by atoms with van der Waals surface area (Å²) in [5, 5.41) is 7.73. The van der Waals surface area contributed by atoms with E-state index in [1.54, 1.807) is 33.4 Å². The van der Waals surface area contributed by atoms with E-state index in [1.165, 1.54) is 35.6 Å². The molecule has 5 aromatic rings. The van der Waals surface area contributed by atoms with Gasteiger partial charge in [-0.2, -0.15) is 23.4 Å². The quantitative estimate of drug-likeness (QED) is 0.155. The molecule has 1 saturated heterocycles. The number of aryl methyl sites for hydroxylation is 2. The van der Waals surface area contributed by atoms with E-state index in [4.69, 9.17) is 4.74 Å².